The number of anilines is 1. The van der Waals surface area contributed by atoms with Crippen molar-refractivity contribution >= 4 is 46.5 Å². The summed E-state index contributed by atoms with van der Waals surface area (Å²) in [7, 11) is 0. The van der Waals surface area contributed by atoms with E-state index in [1.807, 2.05) is 0 Å². The molecule has 0 spiro atoms. The molecule has 2 N–H and O–H groups in total. The van der Waals surface area contributed by atoms with Crippen LogP contribution in [0, 0.1) is 0 Å². The van der Waals surface area contributed by atoms with E-state index in [0.29, 0.717) is 32.9 Å². The Hall–Kier alpha value is -1.42. The molecule has 0 aromatic heterocycles. The van der Waals surface area contributed by atoms with Crippen LogP contribution in [-0.4, -0.2) is 11.1 Å². The number of carboxylic acids is 1. The summed E-state index contributed by atoms with van der Waals surface area (Å²) in [5.74, 6) is -0.976. The summed E-state index contributed by atoms with van der Waals surface area (Å²) in [6.45, 7) is 0.295. The number of hydrogen-bond donors (Lipinski definition) is 2. The van der Waals surface area contributed by atoms with E-state index in [9.17, 15) is 4.79 Å². The van der Waals surface area contributed by atoms with E-state index in [4.69, 9.17) is 39.9 Å². The lowest BCUT2D eigenvalue weighted by Crippen LogP contribution is -2.07. The van der Waals surface area contributed by atoms with Crippen LogP contribution in [0.15, 0.2) is 36.4 Å². The van der Waals surface area contributed by atoms with Crippen molar-refractivity contribution < 1.29 is 9.90 Å². The molecule has 0 saturated heterocycles. The molecule has 6 heteroatoms. The first-order chi connectivity index (χ1) is 9.49. The van der Waals surface area contributed by atoms with Gasteiger partial charge in [-0.15, -0.1) is 0 Å². The first-order valence-electron chi connectivity index (χ1n) is 5.68. The Morgan fingerprint density at radius 3 is 2.30 bits per heavy atom. The molecule has 3 nitrogen and oxygen atoms in total. The molecule has 0 aliphatic rings. The molecular weight excluding hydrogens is 321 g/mol. The maximum absolute atomic E-state index is 11.1. The van der Waals surface area contributed by atoms with E-state index < -0.39 is 5.97 Å². The van der Waals surface area contributed by atoms with Gasteiger partial charge in [-0.3, -0.25) is 0 Å². The van der Waals surface area contributed by atoms with Gasteiger partial charge in [0.2, 0.25) is 0 Å². The summed E-state index contributed by atoms with van der Waals surface area (Å²) in [6.07, 6.45) is 0. The highest BCUT2D eigenvalue weighted by atomic mass is 35.5. The second-order valence-corrected chi connectivity index (χ2v) is 5.31. The molecule has 0 unspecified atom stereocenters. The predicted octanol–water partition coefficient (Wildman–Crippen LogP) is 4.96. The van der Waals surface area contributed by atoms with Crippen molar-refractivity contribution in [2.24, 2.45) is 0 Å². The molecule has 0 bridgehead atoms. The fourth-order valence-corrected chi connectivity index (χ4v) is 2.73. The van der Waals surface area contributed by atoms with E-state index in [1.165, 1.54) is 0 Å². The third-order valence-electron chi connectivity index (χ3n) is 2.71. The van der Waals surface area contributed by atoms with Crippen LogP contribution in [0.4, 0.5) is 5.69 Å². The van der Waals surface area contributed by atoms with Gasteiger partial charge in [-0.05, 0) is 23.8 Å². The maximum Gasteiger partial charge on any atom is 0.336 e. The van der Waals surface area contributed by atoms with Crippen LogP contribution < -0.4 is 5.32 Å². The average Bonchev–Trinajstić information content (AvgIpc) is 2.37. The van der Waals surface area contributed by atoms with E-state index in [2.05, 4.69) is 5.32 Å². The Bertz CT molecular complexity index is 636. The van der Waals surface area contributed by atoms with Gasteiger partial charge in [0.25, 0.3) is 0 Å². The SMILES string of the molecule is O=C(O)c1ccccc1CNc1c(Cl)cc(Cl)cc1Cl. The fraction of sp³-hybridized carbons (Fsp3) is 0.0714. The number of benzene rings is 2. The second-order valence-electron chi connectivity index (χ2n) is 4.06. The summed E-state index contributed by atoms with van der Waals surface area (Å²) in [5, 5.41) is 13.4. The van der Waals surface area contributed by atoms with Crippen molar-refractivity contribution in [3.8, 4) is 0 Å². The number of halogens is 3. The topological polar surface area (TPSA) is 49.3 Å². The number of aromatic carboxylic acids is 1. The van der Waals surface area contributed by atoms with Crippen LogP contribution >= 0.6 is 34.8 Å². The third-order valence-corrected chi connectivity index (χ3v) is 3.52. The van der Waals surface area contributed by atoms with Crippen molar-refractivity contribution in [2.75, 3.05) is 5.32 Å². The maximum atomic E-state index is 11.1. The Balaban J connectivity index is 2.24. The minimum Gasteiger partial charge on any atom is -0.478 e. The van der Waals surface area contributed by atoms with Crippen molar-refractivity contribution in [3.05, 3.63) is 62.6 Å². The summed E-state index contributed by atoms with van der Waals surface area (Å²) >= 11 is 17.9. The molecule has 0 aliphatic heterocycles. The molecule has 104 valence electrons. The van der Waals surface area contributed by atoms with Crippen LogP contribution in [0.2, 0.25) is 15.1 Å². The molecule has 2 rings (SSSR count). The minimum absolute atomic E-state index is 0.237. The summed E-state index contributed by atoms with van der Waals surface area (Å²) in [6, 6.07) is 9.86. The molecule has 20 heavy (non-hydrogen) atoms. The molecule has 0 radical (unpaired) electrons. The highest BCUT2D eigenvalue weighted by Crippen LogP contribution is 2.34. The Kier molecular flexibility index (Phi) is 4.76. The number of carbonyl (C=O) groups is 1. The van der Waals surface area contributed by atoms with Crippen LogP contribution in [0.1, 0.15) is 15.9 Å². The number of nitrogens with one attached hydrogen (secondary N) is 1. The third kappa shape index (κ3) is 3.37. The molecule has 2 aromatic carbocycles. The molecule has 0 atom stereocenters. The monoisotopic (exact) mass is 329 g/mol. The standard InChI is InChI=1S/C14H10Cl3NO2/c15-9-5-11(16)13(12(17)6-9)18-7-8-3-1-2-4-10(8)14(19)20/h1-6,18H,7H2,(H,19,20). The lowest BCUT2D eigenvalue weighted by molar-refractivity contribution is 0.0696. The van der Waals surface area contributed by atoms with E-state index in [-0.39, 0.29) is 5.56 Å². The first kappa shape index (κ1) is 15.0. The van der Waals surface area contributed by atoms with Gasteiger partial charge >= 0.3 is 5.97 Å². The van der Waals surface area contributed by atoms with E-state index in [0.717, 1.165) is 0 Å². The van der Waals surface area contributed by atoms with E-state index >= 15 is 0 Å². The zero-order chi connectivity index (χ0) is 14.7. The van der Waals surface area contributed by atoms with Gasteiger partial charge in [-0.1, -0.05) is 53.0 Å². The molecule has 0 heterocycles. The van der Waals surface area contributed by atoms with Gasteiger partial charge in [0.15, 0.2) is 0 Å². The van der Waals surface area contributed by atoms with Gasteiger partial charge < -0.3 is 10.4 Å². The highest BCUT2D eigenvalue weighted by molar-refractivity contribution is 6.41. The number of carboxylic acid groups (broad SMARTS) is 1. The predicted molar refractivity (Wildman–Crippen MR) is 82.2 cm³/mol. The Labute approximate surface area is 131 Å². The molecule has 0 fully saturated rings. The van der Waals surface area contributed by atoms with Crippen LogP contribution in [0.25, 0.3) is 0 Å². The zero-order valence-electron chi connectivity index (χ0n) is 10.2. The van der Waals surface area contributed by atoms with Gasteiger partial charge in [-0.2, -0.15) is 0 Å². The summed E-state index contributed by atoms with van der Waals surface area (Å²) in [5.41, 5.74) is 1.40. The summed E-state index contributed by atoms with van der Waals surface area (Å²) in [4.78, 5) is 11.1. The van der Waals surface area contributed by atoms with Crippen LogP contribution in [0.3, 0.4) is 0 Å². The van der Waals surface area contributed by atoms with Gasteiger partial charge in [0.1, 0.15) is 0 Å². The van der Waals surface area contributed by atoms with Gasteiger partial charge in [0.05, 0.1) is 21.3 Å². The lowest BCUT2D eigenvalue weighted by atomic mass is 10.1. The smallest absolute Gasteiger partial charge is 0.336 e. The minimum atomic E-state index is -0.976. The normalized spacial score (nSPS) is 10.3. The first-order valence-corrected chi connectivity index (χ1v) is 6.82. The lowest BCUT2D eigenvalue weighted by Gasteiger charge is -2.12. The number of rotatable bonds is 4. The van der Waals surface area contributed by atoms with Crippen molar-refractivity contribution in [1.29, 1.82) is 0 Å². The number of hydrogen-bond acceptors (Lipinski definition) is 2. The van der Waals surface area contributed by atoms with Crippen molar-refractivity contribution in [1.82, 2.24) is 0 Å². The molecule has 0 aliphatic carbocycles. The largest absolute Gasteiger partial charge is 0.478 e. The fourth-order valence-electron chi connectivity index (χ4n) is 1.78. The second kappa shape index (κ2) is 6.35. The molecular formula is C14H10Cl3NO2. The molecule has 2 aromatic rings. The van der Waals surface area contributed by atoms with E-state index in [1.54, 1.807) is 36.4 Å². The van der Waals surface area contributed by atoms with Crippen LogP contribution in [-0.2, 0) is 6.54 Å². The van der Waals surface area contributed by atoms with Crippen LogP contribution in [0.5, 0.6) is 0 Å². The van der Waals surface area contributed by atoms with Crippen molar-refractivity contribution in [2.45, 2.75) is 6.54 Å². The average molecular weight is 331 g/mol. The molecule has 0 saturated carbocycles. The van der Waals surface area contributed by atoms with Gasteiger partial charge in [-0.25, -0.2) is 4.79 Å². The van der Waals surface area contributed by atoms with Crippen molar-refractivity contribution in [3.63, 3.8) is 0 Å². The Morgan fingerprint density at radius 1 is 1.10 bits per heavy atom. The Morgan fingerprint density at radius 2 is 1.70 bits per heavy atom. The molecule has 0 amide bonds. The zero-order valence-corrected chi connectivity index (χ0v) is 12.4. The van der Waals surface area contributed by atoms with Gasteiger partial charge in [0, 0.05) is 11.6 Å². The quantitative estimate of drug-likeness (QED) is 0.833. The highest BCUT2D eigenvalue weighted by Gasteiger charge is 2.11. The summed E-state index contributed by atoms with van der Waals surface area (Å²) < 4.78 is 0.